The average Bonchev–Trinajstić information content (AvgIpc) is 2.34. The normalized spacial score (nSPS) is 15.8. The molecule has 19 heavy (non-hydrogen) atoms. The van der Waals surface area contributed by atoms with Crippen LogP contribution in [0.5, 0.6) is 0 Å². The monoisotopic (exact) mass is 335 g/mol. The molecule has 0 heterocycles. The SMILES string of the molecule is C[CH-]NC(=O)OCC1(Cc2ccccc2)CCC1.[Y]. The molecule has 0 aromatic heterocycles. The van der Waals surface area contributed by atoms with Crippen molar-refractivity contribution >= 4 is 6.09 Å². The number of carbonyl (C=O) groups excluding carboxylic acids is 1. The molecule has 101 valence electrons. The topological polar surface area (TPSA) is 38.3 Å². The second kappa shape index (κ2) is 8.01. The van der Waals surface area contributed by atoms with Gasteiger partial charge in [-0.05, 0) is 24.8 Å². The second-order valence-corrected chi connectivity index (χ2v) is 5.03. The number of amides is 1. The van der Waals surface area contributed by atoms with E-state index in [1.807, 2.05) is 6.07 Å². The number of ether oxygens (including phenoxy) is 1. The van der Waals surface area contributed by atoms with E-state index in [1.54, 1.807) is 13.5 Å². The molecule has 4 heteroatoms. The second-order valence-electron chi connectivity index (χ2n) is 5.03. The summed E-state index contributed by atoms with van der Waals surface area (Å²) in [5, 5.41) is 2.54. The van der Waals surface area contributed by atoms with Crippen molar-refractivity contribution in [3.63, 3.8) is 0 Å². The van der Waals surface area contributed by atoms with Crippen LogP contribution in [0.15, 0.2) is 30.3 Å². The summed E-state index contributed by atoms with van der Waals surface area (Å²) < 4.78 is 5.28. The standard InChI is InChI=1S/C15H20NO2.Y/c1-2-16-14(17)18-12-15(9-6-10-15)11-13-7-4-3-5-8-13;/h2-5,7-8H,6,9-12H2,1H3,(H,16,17);/q-1;. The van der Waals surface area contributed by atoms with Crippen LogP contribution < -0.4 is 5.32 Å². The third-order valence-electron chi connectivity index (χ3n) is 3.61. The Kier molecular flexibility index (Phi) is 7.02. The van der Waals surface area contributed by atoms with Gasteiger partial charge in [-0.2, -0.15) is 6.92 Å². The molecule has 0 spiro atoms. The van der Waals surface area contributed by atoms with Crippen molar-refractivity contribution in [3.8, 4) is 0 Å². The molecular formula is C15H20NO2Y-. The van der Waals surface area contributed by atoms with Crippen LogP contribution in [0.4, 0.5) is 4.79 Å². The van der Waals surface area contributed by atoms with E-state index in [-0.39, 0.29) is 44.2 Å². The zero-order valence-electron chi connectivity index (χ0n) is 11.4. The van der Waals surface area contributed by atoms with Crippen LogP contribution in [-0.4, -0.2) is 12.7 Å². The molecule has 1 aliphatic carbocycles. The van der Waals surface area contributed by atoms with Crippen molar-refractivity contribution in [1.82, 2.24) is 5.32 Å². The molecule has 3 nitrogen and oxygen atoms in total. The molecule has 1 aromatic carbocycles. The van der Waals surface area contributed by atoms with Crippen LogP contribution in [0.1, 0.15) is 31.7 Å². The summed E-state index contributed by atoms with van der Waals surface area (Å²) in [6, 6.07) is 10.4. The Hall–Kier alpha value is -0.406. The third-order valence-corrected chi connectivity index (χ3v) is 3.61. The minimum atomic E-state index is -0.350. The summed E-state index contributed by atoms with van der Waals surface area (Å²) in [6.45, 7) is 3.87. The first-order chi connectivity index (χ1) is 8.74. The first-order valence-electron chi connectivity index (χ1n) is 6.49. The van der Waals surface area contributed by atoms with E-state index < -0.39 is 0 Å². The van der Waals surface area contributed by atoms with Crippen molar-refractivity contribution in [2.75, 3.05) is 6.61 Å². The fraction of sp³-hybridized carbons (Fsp3) is 0.467. The zero-order valence-corrected chi connectivity index (χ0v) is 14.2. The van der Waals surface area contributed by atoms with Crippen LogP contribution >= 0.6 is 0 Å². The summed E-state index contributed by atoms with van der Waals surface area (Å²) in [5.74, 6) is 0. The fourth-order valence-corrected chi connectivity index (χ4v) is 2.46. The van der Waals surface area contributed by atoms with Gasteiger partial charge in [0.2, 0.25) is 0 Å². The Labute approximate surface area is 140 Å². The van der Waals surface area contributed by atoms with E-state index in [0.717, 1.165) is 19.3 Å². The molecule has 0 unspecified atom stereocenters. The molecule has 2 rings (SSSR count). The third kappa shape index (κ3) is 4.89. The van der Waals surface area contributed by atoms with Gasteiger partial charge < -0.3 is 10.1 Å². The van der Waals surface area contributed by atoms with E-state index in [1.165, 1.54) is 12.0 Å². The van der Waals surface area contributed by atoms with E-state index in [0.29, 0.717) is 6.61 Å². The van der Waals surface area contributed by atoms with Crippen LogP contribution in [0.2, 0.25) is 0 Å². The van der Waals surface area contributed by atoms with Gasteiger partial charge in [0.1, 0.15) is 0 Å². The van der Waals surface area contributed by atoms with E-state index >= 15 is 0 Å². The van der Waals surface area contributed by atoms with Gasteiger partial charge in [-0.1, -0.05) is 36.8 Å². The van der Waals surface area contributed by atoms with Crippen molar-refractivity contribution in [3.05, 3.63) is 42.4 Å². The van der Waals surface area contributed by atoms with Gasteiger partial charge in [0, 0.05) is 38.1 Å². The summed E-state index contributed by atoms with van der Waals surface area (Å²) >= 11 is 0. The maximum Gasteiger partial charge on any atom is 0.377 e. The van der Waals surface area contributed by atoms with Crippen molar-refractivity contribution in [1.29, 1.82) is 0 Å². The maximum atomic E-state index is 11.3. The fourth-order valence-electron chi connectivity index (χ4n) is 2.46. The Balaban J connectivity index is 0.00000180. The Bertz CT molecular complexity index is 390. The molecule has 1 saturated carbocycles. The number of hydrogen-bond acceptors (Lipinski definition) is 2. The van der Waals surface area contributed by atoms with Crippen LogP contribution in [0.3, 0.4) is 0 Å². The summed E-state index contributed by atoms with van der Waals surface area (Å²) in [5.41, 5.74) is 1.48. The molecule has 1 aliphatic rings. The average molecular weight is 335 g/mol. The first kappa shape index (κ1) is 16.6. The number of rotatable bonds is 5. The van der Waals surface area contributed by atoms with Gasteiger partial charge in [-0.25, -0.2) is 11.3 Å². The van der Waals surface area contributed by atoms with E-state index in [4.69, 9.17) is 4.74 Å². The molecule has 1 amide bonds. The van der Waals surface area contributed by atoms with Crippen molar-refractivity contribution < 1.29 is 42.2 Å². The number of nitrogens with one attached hydrogen (secondary N) is 1. The molecule has 0 aliphatic heterocycles. The van der Waals surface area contributed by atoms with Gasteiger partial charge in [-0.3, -0.25) is 0 Å². The van der Waals surface area contributed by atoms with Crippen LogP contribution in [-0.2, 0) is 43.9 Å². The summed E-state index contributed by atoms with van der Waals surface area (Å²) in [7, 11) is 0. The predicted octanol–water partition coefficient (Wildman–Crippen LogP) is 3.30. The maximum absolute atomic E-state index is 11.3. The van der Waals surface area contributed by atoms with Crippen LogP contribution in [0, 0.1) is 12.0 Å². The number of alkyl carbamates (subject to hydrolysis) is 1. The van der Waals surface area contributed by atoms with Gasteiger partial charge in [-0.15, -0.1) is 0 Å². The smallest absolute Gasteiger partial charge is 0.377 e. The minimum absolute atomic E-state index is 0. The van der Waals surface area contributed by atoms with E-state index in [9.17, 15) is 4.79 Å². The quantitative estimate of drug-likeness (QED) is 0.839. The zero-order chi connectivity index (χ0) is 12.8. The Morgan fingerprint density at radius 2 is 2.05 bits per heavy atom. The number of benzene rings is 1. The molecule has 1 radical (unpaired) electrons. The molecule has 0 bridgehead atoms. The largest absolute Gasteiger partial charge is 0.471 e. The van der Waals surface area contributed by atoms with Crippen LogP contribution in [0.25, 0.3) is 0 Å². The van der Waals surface area contributed by atoms with E-state index in [2.05, 4.69) is 29.6 Å². The number of hydrogen-bond donors (Lipinski definition) is 1. The molecule has 0 atom stereocenters. The molecule has 1 aromatic rings. The number of carbonyl (C=O) groups is 1. The minimum Gasteiger partial charge on any atom is -0.471 e. The van der Waals surface area contributed by atoms with Crippen molar-refractivity contribution in [2.45, 2.75) is 32.6 Å². The predicted molar refractivity (Wildman–Crippen MR) is 70.9 cm³/mol. The van der Waals surface area contributed by atoms with Gasteiger partial charge in [0.05, 0.1) is 6.61 Å². The van der Waals surface area contributed by atoms with Gasteiger partial charge >= 0.3 is 6.09 Å². The Morgan fingerprint density at radius 1 is 1.37 bits per heavy atom. The molecular weight excluding hydrogens is 315 g/mol. The molecule has 0 saturated heterocycles. The first-order valence-corrected chi connectivity index (χ1v) is 6.49. The summed E-state index contributed by atoms with van der Waals surface area (Å²) in [6.07, 6.45) is 4.17. The van der Waals surface area contributed by atoms with Gasteiger partial charge in [0.25, 0.3) is 0 Å². The van der Waals surface area contributed by atoms with Gasteiger partial charge in [0.15, 0.2) is 0 Å². The van der Waals surface area contributed by atoms with Crippen molar-refractivity contribution in [2.24, 2.45) is 5.41 Å². The molecule has 1 N–H and O–H groups in total. The Morgan fingerprint density at radius 3 is 2.58 bits per heavy atom. The molecule has 1 fully saturated rings. The summed E-state index contributed by atoms with van der Waals surface area (Å²) in [4.78, 5) is 11.3.